The lowest BCUT2D eigenvalue weighted by Crippen LogP contribution is -2.38. The fourth-order valence-electron chi connectivity index (χ4n) is 3.30. The van der Waals surface area contributed by atoms with Gasteiger partial charge in [-0.3, -0.25) is 9.69 Å². The maximum absolute atomic E-state index is 12.5. The molecule has 1 aliphatic rings. The summed E-state index contributed by atoms with van der Waals surface area (Å²) in [7, 11) is 4.68. The van der Waals surface area contributed by atoms with Crippen LogP contribution in [0.1, 0.15) is 16.9 Å². The standard InChI is InChI=1S/C19H27N3O5/c1-24-16-12-14-13(17(25-2)18(16)26-3)11-15(21-14)19(23)20-5-4-6-22-7-9-27-10-8-22/h11-12,21H,4-10H2,1-3H3,(H,20,23). The second-order valence-electron chi connectivity index (χ2n) is 6.35. The van der Waals surface area contributed by atoms with Crippen molar-refractivity contribution in [2.75, 3.05) is 60.7 Å². The second-order valence-corrected chi connectivity index (χ2v) is 6.35. The van der Waals surface area contributed by atoms with Crippen LogP contribution in [0.3, 0.4) is 0 Å². The van der Waals surface area contributed by atoms with Gasteiger partial charge in [0.05, 0.1) is 40.1 Å². The number of ether oxygens (including phenoxy) is 4. The van der Waals surface area contributed by atoms with Crippen LogP contribution in [-0.2, 0) is 4.74 Å². The topological polar surface area (TPSA) is 85.1 Å². The largest absolute Gasteiger partial charge is 0.493 e. The molecule has 27 heavy (non-hydrogen) atoms. The lowest BCUT2D eigenvalue weighted by atomic mass is 10.2. The average molecular weight is 377 g/mol. The SMILES string of the molecule is COc1cc2[nH]c(C(=O)NCCCN3CCOCC3)cc2c(OC)c1OC. The van der Waals surface area contributed by atoms with Crippen LogP contribution in [0.4, 0.5) is 0 Å². The molecule has 2 N–H and O–H groups in total. The van der Waals surface area contributed by atoms with Crippen molar-refractivity contribution in [2.45, 2.75) is 6.42 Å². The minimum Gasteiger partial charge on any atom is -0.493 e. The first-order valence-corrected chi connectivity index (χ1v) is 9.08. The highest BCUT2D eigenvalue weighted by Crippen LogP contribution is 2.43. The van der Waals surface area contributed by atoms with Crippen LogP contribution in [0.5, 0.6) is 17.2 Å². The van der Waals surface area contributed by atoms with Gasteiger partial charge in [-0.2, -0.15) is 0 Å². The molecule has 2 heterocycles. The highest BCUT2D eigenvalue weighted by molar-refractivity contribution is 6.01. The molecule has 0 unspecified atom stereocenters. The molecular weight excluding hydrogens is 350 g/mol. The Bertz CT molecular complexity index is 783. The summed E-state index contributed by atoms with van der Waals surface area (Å²) < 4.78 is 21.6. The van der Waals surface area contributed by atoms with Gasteiger partial charge in [0.25, 0.3) is 5.91 Å². The Hall–Kier alpha value is -2.45. The summed E-state index contributed by atoms with van der Waals surface area (Å²) in [6.45, 7) is 5.07. The van der Waals surface area contributed by atoms with Crippen molar-refractivity contribution < 1.29 is 23.7 Å². The van der Waals surface area contributed by atoms with Crippen molar-refractivity contribution in [3.63, 3.8) is 0 Å². The van der Waals surface area contributed by atoms with E-state index in [2.05, 4.69) is 15.2 Å². The van der Waals surface area contributed by atoms with Crippen LogP contribution >= 0.6 is 0 Å². The monoisotopic (exact) mass is 377 g/mol. The summed E-state index contributed by atoms with van der Waals surface area (Å²) in [5, 5.41) is 3.73. The molecule has 0 spiro atoms. The molecular formula is C19H27N3O5. The lowest BCUT2D eigenvalue weighted by molar-refractivity contribution is 0.0374. The normalized spacial score (nSPS) is 14.9. The van der Waals surface area contributed by atoms with E-state index in [4.69, 9.17) is 18.9 Å². The molecule has 1 amide bonds. The molecule has 0 bridgehead atoms. The van der Waals surface area contributed by atoms with Crippen molar-refractivity contribution in [2.24, 2.45) is 0 Å². The van der Waals surface area contributed by atoms with Crippen LogP contribution in [0.25, 0.3) is 10.9 Å². The van der Waals surface area contributed by atoms with Crippen molar-refractivity contribution in [3.8, 4) is 17.2 Å². The third-order valence-electron chi connectivity index (χ3n) is 4.71. The molecule has 1 aromatic heterocycles. The molecule has 0 atom stereocenters. The van der Waals surface area contributed by atoms with Crippen LogP contribution in [-0.4, -0.2) is 76.5 Å². The van der Waals surface area contributed by atoms with Gasteiger partial charge in [-0.05, 0) is 19.0 Å². The number of carbonyl (C=O) groups excluding carboxylic acids is 1. The van der Waals surface area contributed by atoms with Crippen LogP contribution in [0.2, 0.25) is 0 Å². The number of nitrogens with one attached hydrogen (secondary N) is 2. The number of methoxy groups -OCH3 is 3. The minimum absolute atomic E-state index is 0.145. The highest BCUT2D eigenvalue weighted by atomic mass is 16.5. The van der Waals surface area contributed by atoms with E-state index < -0.39 is 0 Å². The van der Waals surface area contributed by atoms with E-state index in [9.17, 15) is 4.79 Å². The molecule has 1 aromatic carbocycles. The fourth-order valence-corrected chi connectivity index (χ4v) is 3.30. The summed E-state index contributed by atoms with van der Waals surface area (Å²) in [4.78, 5) is 18.0. The van der Waals surface area contributed by atoms with Crippen molar-refractivity contribution in [3.05, 3.63) is 17.8 Å². The quantitative estimate of drug-likeness (QED) is 0.681. The second kappa shape index (κ2) is 8.96. The maximum atomic E-state index is 12.5. The van der Waals surface area contributed by atoms with Gasteiger partial charge >= 0.3 is 0 Å². The van der Waals surface area contributed by atoms with Gasteiger partial charge in [0, 0.05) is 31.1 Å². The van der Waals surface area contributed by atoms with E-state index in [0.717, 1.165) is 50.2 Å². The van der Waals surface area contributed by atoms with E-state index in [-0.39, 0.29) is 5.91 Å². The summed E-state index contributed by atoms with van der Waals surface area (Å²) in [6, 6.07) is 3.57. The van der Waals surface area contributed by atoms with Gasteiger partial charge in [0.2, 0.25) is 5.75 Å². The smallest absolute Gasteiger partial charge is 0.267 e. The van der Waals surface area contributed by atoms with Gasteiger partial charge in [0.1, 0.15) is 5.69 Å². The number of aromatic nitrogens is 1. The number of carbonyl (C=O) groups is 1. The number of amides is 1. The predicted octanol–water partition coefficient (Wildman–Crippen LogP) is 1.65. The Kier molecular flexibility index (Phi) is 6.41. The number of morpholine rings is 1. The van der Waals surface area contributed by atoms with E-state index in [1.54, 1.807) is 33.5 Å². The fraction of sp³-hybridized carbons (Fsp3) is 0.526. The summed E-state index contributed by atoms with van der Waals surface area (Å²) in [5.74, 6) is 1.44. The highest BCUT2D eigenvalue weighted by Gasteiger charge is 2.19. The Morgan fingerprint density at radius 3 is 2.56 bits per heavy atom. The number of aromatic amines is 1. The summed E-state index contributed by atoms with van der Waals surface area (Å²) >= 11 is 0. The van der Waals surface area contributed by atoms with E-state index in [0.29, 0.717) is 29.5 Å². The van der Waals surface area contributed by atoms with E-state index >= 15 is 0 Å². The zero-order valence-electron chi connectivity index (χ0n) is 16.1. The number of nitrogens with zero attached hydrogens (tertiary/aromatic N) is 1. The minimum atomic E-state index is -0.145. The number of fused-ring (bicyclic) bond motifs is 1. The predicted molar refractivity (Wildman–Crippen MR) is 102 cm³/mol. The van der Waals surface area contributed by atoms with E-state index in [1.807, 2.05) is 0 Å². The number of H-pyrrole nitrogens is 1. The van der Waals surface area contributed by atoms with Gasteiger partial charge < -0.3 is 29.2 Å². The van der Waals surface area contributed by atoms with Gasteiger partial charge in [-0.15, -0.1) is 0 Å². The molecule has 1 saturated heterocycles. The van der Waals surface area contributed by atoms with E-state index in [1.165, 1.54) is 0 Å². The molecule has 8 heteroatoms. The Balaban J connectivity index is 1.66. The molecule has 2 aromatic rings. The van der Waals surface area contributed by atoms with Crippen LogP contribution in [0.15, 0.2) is 12.1 Å². The average Bonchev–Trinajstić information content (AvgIpc) is 3.14. The zero-order valence-corrected chi connectivity index (χ0v) is 16.1. The molecule has 1 aliphatic heterocycles. The number of hydrogen-bond donors (Lipinski definition) is 2. The number of benzene rings is 1. The van der Waals surface area contributed by atoms with Gasteiger partial charge in [0.15, 0.2) is 11.5 Å². The van der Waals surface area contributed by atoms with Crippen LogP contribution in [0, 0.1) is 0 Å². The molecule has 3 rings (SSSR count). The summed E-state index contributed by atoms with van der Waals surface area (Å²) in [6.07, 6.45) is 0.900. The third kappa shape index (κ3) is 4.28. The molecule has 1 fully saturated rings. The molecule has 148 valence electrons. The number of rotatable bonds is 8. The zero-order chi connectivity index (χ0) is 19.2. The summed E-state index contributed by atoms with van der Waals surface area (Å²) in [5.41, 5.74) is 1.23. The van der Waals surface area contributed by atoms with Gasteiger partial charge in [-0.25, -0.2) is 0 Å². The molecule has 0 aliphatic carbocycles. The molecule has 8 nitrogen and oxygen atoms in total. The lowest BCUT2D eigenvalue weighted by Gasteiger charge is -2.26. The first-order valence-electron chi connectivity index (χ1n) is 9.08. The first kappa shape index (κ1) is 19.3. The van der Waals surface area contributed by atoms with Crippen LogP contribution < -0.4 is 19.5 Å². The van der Waals surface area contributed by atoms with Crippen molar-refractivity contribution in [1.82, 2.24) is 15.2 Å². The molecule has 0 saturated carbocycles. The maximum Gasteiger partial charge on any atom is 0.267 e. The Morgan fingerprint density at radius 1 is 1.15 bits per heavy atom. The van der Waals surface area contributed by atoms with Crippen molar-refractivity contribution >= 4 is 16.8 Å². The first-order chi connectivity index (χ1) is 13.2. The molecule has 0 radical (unpaired) electrons. The Labute approximate surface area is 158 Å². The van der Waals surface area contributed by atoms with Gasteiger partial charge in [-0.1, -0.05) is 0 Å². The number of hydrogen-bond acceptors (Lipinski definition) is 6. The van der Waals surface area contributed by atoms with Crippen molar-refractivity contribution in [1.29, 1.82) is 0 Å². The third-order valence-corrected chi connectivity index (χ3v) is 4.71. The Morgan fingerprint density at radius 2 is 1.89 bits per heavy atom.